The van der Waals surface area contributed by atoms with E-state index < -0.39 is 11.9 Å². The second-order valence-corrected chi connectivity index (χ2v) is 3.32. The smallest absolute Gasteiger partial charge is 0.348 e. The van der Waals surface area contributed by atoms with Gasteiger partial charge < -0.3 is 9.47 Å². The van der Waals surface area contributed by atoms with Gasteiger partial charge in [0.05, 0.1) is 7.11 Å². The van der Waals surface area contributed by atoms with Gasteiger partial charge in [0, 0.05) is 6.92 Å². The van der Waals surface area contributed by atoms with Gasteiger partial charge in [-0.15, -0.1) is 0 Å². The summed E-state index contributed by atoms with van der Waals surface area (Å²) in [7, 11) is 1.21. The van der Waals surface area contributed by atoms with E-state index in [1.165, 1.54) is 20.1 Å². The molecule has 0 spiro atoms. The van der Waals surface area contributed by atoms with Gasteiger partial charge >= 0.3 is 11.9 Å². The van der Waals surface area contributed by atoms with Gasteiger partial charge in [-0.05, 0) is 23.8 Å². The fraction of sp³-hybridized carbons (Fsp3) is 0.154. The third-order valence-electron chi connectivity index (χ3n) is 1.98. The van der Waals surface area contributed by atoms with Crippen molar-refractivity contribution in [2.75, 3.05) is 7.11 Å². The SMILES string of the molecule is COC(=O)/C(C#N)=C\c1ccc(OC(C)=O)cc1. The van der Waals surface area contributed by atoms with Crippen LogP contribution >= 0.6 is 0 Å². The molecule has 0 saturated carbocycles. The molecule has 0 heterocycles. The molecule has 0 amide bonds. The number of carbonyl (C=O) groups is 2. The highest BCUT2D eigenvalue weighted by Gasteiger charge is 2.08. The Labute approximate surface area is 104 Å². The first-order valence-corrected chi connectivity index (χ1v) is 5.05. The molecule has 0 aromatic heterocycles. The van der Waals surface area contributed by atoms with Crippen LogP contribution in [0, 0.1) is 11.3 Å². The molecular weight excluding hydrogens is 234 g/mol. The van der Waals surface area contributed by atoms with Gasteiger partial charge in [-0.3, -0.25) is 4.79 Å². The first kappa shape index (κ1) is 13.5. The predicted molar refractivity (Wildman–Crippen MR) is 63.4 cm³/mol. The average molecular weight is 245 g/mol. The number of methoxy groups -OCH3 is 1. The zero-order chi connectivity index (χ0) is 13.5. The Balaban J connectivity index is 2.92. The Bertz CT molecular complexity index is 523. The van der Waals surface area contributed by atoms with Crippen LogP contribution in [0.1, 0.15) is 12.5 Å². The largest absolute Gasteiger partial charge is 0.465 e. The van der Waals surface area contributed by atoms with E-state index >= 15 is 0 Å². The molecule has 1 rings (SSSR count). The Morgan fingerprint density at radius 3 is 2.33 bits per heavy atom. The fourth-order valence-electron chi connectivity index (χ4n) is 1.21. The van der Waals surface area contributed by atoms with Crippen molar-refractivity contribution in [2.24, 2.45) is 0 Å². The van der Waals surface area contributed by atoms with Crippen molar-refractivity contribution in [1.82, 2.24) is 0 Å². The molecule has 1 aromatic rings. The molecule has 0 bridgehead atoms. The number of hydrogen-bond acceptors (Lipinski definition) is 5. The van der Waals surface area contributed by atoms with Crippen LogP contribution in [-0.4, -0.2) is 19.0 Å². The number of carbonyl (C=O) groups excluding carboxylic acids is 2. The average Bonchev–Trinajstić information content (AvgIpc) is 2.36. The number of nitriles is 1. The van der Waals surface area contributed by atoms with Crippen molar-refractivity contribution in [1.29, 1.82) is 5.26 Å². The fourth-order valence-corrected chi connectivity index (χ4v) is 1.21. The van der Waals surface area contributed by atoms with Gasteiger partial charge in [0.25, 0.3) is 0 Å². The molecule has 0 unspecified atom stereocenters. The van der Waals surface area contributed by atoms with Crippen LogP contribution in [0.3, 0.4) is 0 Å². The molecular formula is C13H11NO4. The van der Waals surface area contributed by atoms with Crippen molar-refractivity contribution in [3.63, 3.8) is 0 Å². The maximum absolute atomic E-state index is 11.2. The normalized spacial score (nSPS) is 10.4. The predicted octanol–water partition coefficient (Wildman–Crippen LogP) is 1.69. The summed E-state index contributed by atoms with van der Waals surface area (Å²) in [6, 6.07) is 8.13. The molecule has 1 aromatic carbocycles. The Morgan fingerprint density at radius 1 is 1.28 bits per heavy atom. The Morgan fingerprint density at radius 2 is 1.89 bits per heavy atom. The van der Waals surface area contributed by atoms with Crippen LogP contribution in [0.25, 0.3) is 6.08 Å². The van der Waals surface area contributed by atoms with E-state index in [9.17, 15) is 9.59 Å². The molecule has 0 aliphatic rings. The summed E-state index contributed by atoms with van der Waals surface area (Å²) in [5, 5.41) is 8.77. The highest BCUT2D eigenvalue weighted by molar-refractivity contribution is 5.97. The molecule has 5 heteroatoms. The van der Waals surface area contributed by atoms with Crippen LogP contribution < -0.4 is 4.74 Å². The van der Waals surface area contributed by atoms with Gasteiger partial charge in [-0.1, -0.05) is 12.1 Å². The van der Waals surface area contributed by atoms with E-state index in [0.29, 0.717) is 11.3 Å². The highest BCUT2D eigenvalue weighted by atomic mass is 16.5. The van der Waals surface area contributed by atoms with Gasteiger partial charge in [-0.25, -0.2) is 4.79 Å². The molecule has 0 N–H and O–H groups in total. The number of benzene rings is 1. The van der Waals surface area contributed by atoms with Crippen LogP contribution in [0.15, 0.2) is 29.8 Å². The molecule has 92 valence electrons. The minimum Gasteiger partial charge on any atom is -0.465 e. The summed E-state index contributed by atoms with van der Waals surface area (Å²) < 4.78 is 9.31. The van der Waals surface area contributed by atoms with Crippen molar-refractivity contribution < 1.29 is 19.1 Å². The van der Waals surface area contributed by atoms with Gasteiger partial charge in [0.2, 0.25) is 0 Å². The monoisotopic (exact) mass is 245 g/mol. The Hall–Kier alpha value is -2.61. The van der Waals surface area contributed by atoms with E-state index in [-0.39, 0.29) is 5.57 Å². The van der Waals surface area contributed by atoms with E-state index in [0.717, 1.165) is 0 Å². The number of hydrogen-bond donors (Lipinski definition) is 0. The van der Waals surface area contributed by atoms with Crippen LogP contribution in [0.4, 0.5) is 0 Å². The van der Waals surface area contributed by atoms with Crippen LogP contribution in [0.2, 0.25) is 0 Å². The Kier molecular flexibility index (Phi) is 4.64. The lowest BCUT2D eigenvalue weighted by atomic mass is 10.1. The number of nitrogens with zero attached hydrogens (tertiary/aromatic N) is 1. The third-order valence-corrected chi connectivity index (χ3v) is 1.98. The maximum atomic E-state index is 11.2. The molecule has 0 aliphatic heterocycles. The van der Waals surface area contributed by atoms with Crippen LogP contribution in [-0.2, 0) is 14.3 Å². The molecule has 0 aliphatic carbocycles. The molecule has 0 fully saturated rings. The van der Waals surface area contributed by atoms with Gasteiger partial charge in [0.15, 0.2) is 0 Å². The standard InChI is InChI=1S/C13H11NO4/c1-9(15)18-12-5-3-10(4-6-12)7-11(8-14)13(16)17-2/h3-7H,1-2H3/b11-7-. The van der Waals surface area contributed by atoms with E-state index in [4.69, 9.17) is 10.00 Å². The summed E-state index contributed by atoms with van der Waals surface area (Å²) >= 11 is 0. The molecule has 5 nitrogen and oxygen atoms in total. The first-order valence-electron chi connectivity index (χ1n) is 5.05. The number of ether oxygens (including phenoxy) is 2. The zero-order valence-corrected chi connectivity index (χ0v) is 9.97. The maximum Gasteiger partial charge on any atom is 0.348 e. The number of esters is 2. The van der Waals surface area contributed by atoms with Crippen molar-refractivity contribution in [2.45, 2.75) is 6.92 Å². The third kappa shape index (κ3) is 3.76. The lowest BCUT2D eigenvalue weighted by Gasteiger charge is -2.01. The lowest BCUT2D eigenvalue weighted by Crippen LogP contribution is -2.02. The molecule has 0 radical (unpaired) electrons. The molecule has 18 heavy (non-hydrogen) atoms. The minimum atomic E-state index is -0.693. The summed E-state index contributed by atoms with van der Waals surface area (Å²) in [4.78, 5) is 21.9. The van der Waals surface area contributed by atoms with E-state index in [2.05, 4.69) is 4.74 Å². The van der Waals surface area contributed by atoms with Crippen molar-refractivity contribution in [3.8, 4) is 11.8 Å². The van der Waals surface area contributed by atoms with Gasteiger partial charge in [-0.2, -0.15) is 5.26 Å². The van der Waals surface area contributed by atoms with Crippen LogP contribution in [0.5, 0.6) is 5.75 Å². The second-order valence-electron chi connectivity index (χ2n) is 3.32. The minimum absolute atomic E-state index is 0.0993. The zero-order valence-electron chi connectivity index (χ0n) is 9.97. The van der Waals surface area contributed by atoms with E-state index in [1.807, 2.05) is 0 Å². The summed E-state index contributed by atoms with van der Waals surface area (Å²) in [6.45, 7) is 1.30. The summed E-state index contributed by atoms with van der Waals surface area (Å²) in [5.41, 5.74) is 0.533. The topological polar surface area (TPSA) is 76.4 Å². The summed E-state index contributed by atoms with van der Waals surface area (Å²) in [6.07, 6.45) is 1.39. The highest BCUT2D eigenvalue weighted by Crippen LogP contribution is 2.15. The quantitative estimate of drug-likeness (QED) is 0.350. The lowest BCUT2D eigenvalue weighted by molar-refractivity contribution is -0.135. The van der Waals surface area contributed by atoms with Crippen molar-refractivity contribution >= 4 is 18.0 Å². The van der Waals surface area contributed by atoms with E-state index in [1.54, 1.807) is 30.3 Å². The number of rotatable bonds is 3. The second kappa shape index (κ2) is 6.21. The summed E-state index contributed by atoms with van der Waals surface area (Å²) in [5.74, 6) is -0.705. The first-order chi connectivity index (χ1) is 8.56. The van der Waals surface area contributed by atoms with Crippen molar-refractivity contribution in [3.05, 3.63) is 35.4 Å². The molecule has 0 saturated heterocycles. The van der Waals surface area contributed by atoms with Gasteiger partial charge in [0.1, 0.15) is 17.4 Å². The molecule has 0 atom stereocenters.